The Morgan fingerprint density at radius 2 is 2.17 bits per heavy atom. The number of aryl methyl sites for hydroxylation is 1. The SMILES string of the molecule is Cc1cccc(C[C@H](NCOC(C)C)C(=O)O)c1. The van der Waals surface area contributed by atoms with Crippen molar-refractivity contribution in [3.8, 4) is 0 Å². The summed E-state index contributed by atoms with van der Waals surface area (Å²) in [5.74, 6) is -0.858. The minimum absolute atomic E-state index is 0.0888. The van der Waals surface area contributed by atoms with Crippen molar-refractivity contribution >= 4 is 5.97 Å². The van der Waals surface area contributed by atoms with Gasteiger partial charge in [0.05, 0.1) is 12.8 Å². The lowest BCUT2D eigenvalue weighted by atomic mass is 10.0. The highest BCUT2D eigenvalue weighted by molar-refractivity contribution is 5.73. The molecule has 0 aromatic heterocycles. The lowest BCUT2D eigenvalue weighted by Crippen LogP contribution is -2.40. The van der Waals surface area contributed by atoms with Crippen LogP contribution in [-0.2, 0) is 16.0 Å². The van der Waals surface area contributed by atoms with E-state index in [4.69, 9.17) is 9.84 Å². The maximum absolute atomic E-state index is 11.1. The van der Waals surface area contributed by atoms with Gasteiger partial charge in [0, 0.05) is 0 Å². The van der Waals surface area contributed by atoms with Gasteiger partial charge in [-0.05, 0) is 32.8 Å². The van der Waals surface area contributed by atoms with Gasteiger partial charge in [-0.3, -0.25) is 10.1 Å². The molecule has 0 amide bonds. The molecule has 4 heteroatoms. The third-order valence-corrected chi connectivity index (χ3v) is 2.57. The third kappa shape index (κ3) is 5.29. The second-order valence-corrected chi connectivity index (χ2v) is 4.65. The van der Waals surface area contributed by atoms with Crippen molar-refractivity contribution in [3.63, 3.8) is 0 Å². The van der Waals surface area contributed by atoms with Gasteiger partial charge in [0.2, 0.25) is 0 Å². The third-order valence-electron chi connectivity index (χ3n) is 2.57. The molecule has 0 fully saturated rings. The Labute approximate surface area is 108 Å². The summed E-state index contributed by atoms with van der Waals surface area (Å²) in [7, 11) is 0. The van der Waals surface area contributed by atoms with Gasteiger partial charge in [-0.25, -0.2) is 0 Å². The lowest BCUT2D eigenvalue weighted by Gasteiger charge is -2.16. The summed E-state index contributed by atoms with van der Waals surface area (Å²) < 4.78 is 5.31. The van der Waals surface area contributed by atoms with E-state index in [1.54, 1.807) is 0 Å². The molecule has 18 heavy (non-hydrogen) atoms. The first-order valence-electron chi connectivity index (χ1n) is 6.12. The second kappa shape index (κ2) is 7.13. The van der Waals surface area contributed by atoms with E-state index in [1.165, 1.54) is 0 Å². The highest BCUT2D eigenvalue weighted by Gasteiger charge is 2.17. The molecule has 1 aromatic carbocycles. The molecule has 100 valence electrons. The zero-order valence-corrected chi connectivity index (χ0v) is 11.1. The van der Waals surface area contributed by atoms with Gasteiger partial charge in [-0.1, -0.05) is 29.8 Å². The van der Waals surface area contributed by atoms with Crippen molar-refractivity contribution in [3.05, 3.63) is 35.4 Å². The number of hydrogen-bond acceptors (Lipinski definition) is 3. The number of ether oxygens (including phenoxy) is 1. The van der Waals surface area contributed by atoms with Crippen LogP contribution in [0.3, 0.4) is 0 Å². The zero-order chi connectivity index (χ0) is 13.5. The van der Waals surface area contributed by atoms with E-state index >= 15 is 0 Å². The highest BCUT2D eigenvalue weighted by Crippen LogP contribution is 2.07. The van der Waals surface area contributed by atoms with Crippen LogP contribution < -0.4 is 5.32 Å². The number of rotatable bonds is 7. The standard InChI is InChI=1S/C14H21NO3/c1-10(2)18-9-15-13(14(16)17)8-12-6-4-5-11(3)7-12/h4-7,10,13,15H,8-9H2,1-3H3,(H,16,17)/t13-/m0/s1. The summed E-state index contributed by atoms with van der Waals surface area (Å²) >= 11 is 0. The summed E-state index contributed by atoms with van der Waals surface area (Å²) in [6, 6.07) is 7.25. The van der Waals surface area contributed by atoms with Gasteiger partial charge in [0.25, 0.3) is 0 Å². The molecule has 0 aliphatic rings. The Morgan fingerprint density at radius 1 is 1.44 bits per heavy atom. The summed E-state index contributed by atoms with van der Waals surface area (Å²) in [5, 5.41) is 12.0. The van der Waals surface area contributed by atoms with E-state index in [0.717, 1.165) is 11.1 Å². The van der Waals surface area contributed by atoms with Crippen LogP contribution in [0.25, 0.3) is 0 Å². The minimum Gasteiger partial charge on any atom is -0.480 e. The first-order chi connectivity index (χ1) is 8.49. The van der Waals surface area contributed by atoms with Crippen LogP contribution in [-0.4, -0.2) is 30.0 Å². The molecule has 0 unspecified atom stereocenters. The van der Waals surface area contributed by atoms with Gasteiger partial charge in [0.15, 0.2) is 0 Å². The van der Waals surface area contributed by atoms with Crippen LogP contribution in [0.15, 0.2) is 24.3 Å². The van der Waals surface area contributed by atoms with Gasteiger partial charge >= 0.3 is 5.97 Å². The zero-order valence-electron chi connectivity index (χ0n) is 11.1. The lowest BCUT2D eigenvalue weighted by molar-refractivity contribution is -0.140. The number of carbonyl (C=O) groups is 1. The van der Waals surface area contributed by atoms with E-state index in [0.29, 0.717) is 6.42 Å². The number of aliphatic carboxylic acids is 1. The first kappa shape index (κ1) is 14.7. The number of carboxylic acid groups (broad SMARTS) is 1. The molecule has 2 N–H and O–H groups in total. The Hall–Kier alpha value is -1.39. The van der Waals surface area contributed by atoms with Crippen molar-refractivity contribution in [2.75, 3.05) is 6.73 Å². The van der Waals surface area contributed by atoms with E-state index in [1.807, 2.05) is 45.0 Å². The number of nitrogens with one attached hydrogen (secondary N) is 1. The molecule has 1 atom stereocenters. The molecule has 0 bridgehead atoms. The van der Waals surface area contributed by atoms with Crippen LogP contribution in [0.5, 0.6) is 0 Å². The number of carboxylic acids is 1. The Kier molecular flexibility index (Phi) is 5.82. The quantitative estimate of drug-likeness (QED) is 0.727. The van der Waals surface area contributed by atoms with Crippen molar-refractivity contribution < 1.29 is 14.6 Å². The van der Waals surface area contributed by atoms with Crippen molar-refractivity contribution in [2.45, 2.75) is 39.3 Å². The molecule has 0 heterocycles. The van der Waals surface area contributed by atoms with Crippen LogP contribution in [0.1, 0.15) is 25.0 Å². The number of hydrogen-bond donors (Lipinski definition) is 2. The molecule has 0 aliphatic carbocycles. The molecular weight excluding hydrogens is 230 g/mol. The smallest absolute Gasteiger partial charge is 0.321 e. The molecule has 0 saturated carbocycles. The van der Waals surface area contributed by atoms with Crippen LogP contribution in [0.4, 0.5) is 0 Å². The second-order valence-electron chi connectivity index (χ2n) is 4.65. The maximum Gasteiger partial charge on any atom is 0.321 e. The fourth-order valence-corrected chi connectivity index (χ4v) is 1.64. The summed E-state index contributed by atoms with van der Waals surface area (Å²) in [6.07, 6.45) is 0.546. The predicted octanol–water partition coefficient (Wildman–Crippen LogP) is 1.96. The Balaban J connectivity index is 2.55. The minimum atomic E-state index is -0.858. The van der Waals surface area contributed by atoms with E-state index < -0.39 is 12.0 Å². The highest BCUT2D eigenvalue weighted by atomic mass is 16.5. The molecule has 0 spiro atoms. The summed E-state index contributed by atoms with van der Waals surface area (Å²) in [4.78, 5) is 11.1. The van der Waals surface area contributed by atoms with Gasteiger partial charge in [-0.2, -0.15) is 0 Å². The monoisotopic (exact) mass is 251 g/mol. The fraction of sp³-hybridized carbons (Fsp3) is 0.500. The van der Waals surface area contributed by atoms with Crippen molar-refractivity contribution in [2.24, 2.45) is 0 Å². The molecular formula is C14H21NO3. The maximum atomic E-state index is 11.1. The average Bonchev–Trinajstić information content (AvgIpc) is 2.27. The van der Waals surface area contributed by atoms with E-state index in [9.17, 15) is 4.79 Å². The molecule has 0 aliphatic heterocycles. The van der Waals surface area contributed by atoms with Crippen LogP contribution in [0, 0.1) is 6.92 Å². The Bertz CT molecular complexity index is 390. The molecule has 4 nitrogen and oxygen atoms in total. The number of benzene rings is 1. The first-order valence-corrected chi connectivity index (χ1v) is 6.12. The van der Waals surface area contributed by atoms with E-state index in [-0.39, 0.29) is 12.8 Å². The Morgan fingerprint density at radius 3 is 2.72 bits per heavy atom. The molecule has 1 rings (SSSR count). The molecule has 0 saturated heterocycles. The normalized spacial score (nSPS) is 12.7. The van der Waals surface area contributed by atoms with Gasteiger partial charge in [-0.15, -0.1) is 0 Å². The fourth-order valence-electron chi connectivity index (χ4n) is 1.64. The average molecular weight is 251 g/mol. The summed E-state index contributed by atoms with van der Waals surface area (Å²) in [6.45, 7) is 6.07. The summed E-state index contributed by atoms with van der Waals surface area (Å²) in [5.41, 5.74) is 2.15. The van der Waals surface area contributed by atoms with E-state index in [2.05, 4.69) is 5.32 Å². The van der Waals surface area contributed by atoms with Crippen molar-refractivity contribution in [1.29, 1.82) is 0 Å². The molecule has 0 radical (unpaired) electrons. The topological polar surface area (TPSA) is 58.6 Å². The van der Waals surface area contributed by atoms with Crippen LogP contribution >= 0.6 is 0 Å². The predicted molar refractivity (Wildman–Crippen MR) is 70.5 cm³/mol. The van der Waals surface area contributed by atoms with Crippen LogP contribution in [0.2, 0.25) is 0 Å². The van der Waals surface area contributed by atoms with Crippen molar-refractivity contribution in [1.82, 2.24) is 5.32 Å². The van der Waals surface area contributed by atoms with Gasteiger partial charge < -0.3 is 9.84 Å². The molecule has 1 aromatic rings. The van der Waals surface area contributed by atoms with Gasteiger partial charge in [0.1, 0.15) is 6.04 Å². The largest absolute Gasteiger partial charge is 0.480 e.